The molecule has 0 saturated carbocycles. The fourth-order valence-corrected chi connectivity index (χ4v) is 3.91. The van der Waals surface area contributed by atoms with Gasteiger partial charge in [0.2, 0.25) is 0 Å². The van der Waals surface area contributed by atoms with Crippen molar-refractivity contribution in [2.24, 2.45) is 0 Å². The summed E-state index contributed by atoms with van der Waals surface area (Å²) in [7, 11) is -2.07. The van der Waals surface area contributed by atoms with Gasteiger partial charge in [-0.05, 0) is 60.4 Å². The molecule has 124 valence electrons. The smallest absolute Gasteiger partial charge is 0.262 e. The highest BCUT2D eigenvalue weighted by Gasteiger charge is 2.21. The molecule has 0 aromatic heterocycles. The number of hydrogen-bond donors (Lipinski definition) is 1. The molecule has 0 aliphatic rings. The molecular formula is C17H20BrNO3S. The van der Waals surface area contributed by atoms with E-state index < -0.39 is 10.0 Å². The van der Waals surface area contributed by atoms with E-state index in [0.29, 0.717) is 17.0 Å². The normalized spacial score (nSPS) is 11.6. The van der Waals surface area contributed by atoms with Crippen LogP contribution in [0, 0.1) is 6.92 Å². The lowest BCUT2D eigenvalue weighted by atomic mass is 10.0. The summed E-state index contributed by atoms with van der Waals surface area (Å²) in [6.45, 7) is 5.78. The van der Waals surface area contributed by atoms with Gasteiger partial charge >= 0.3 is 0 Å². The molecule has 0 radical (unpaired) electrons. The monoisotopic (exact) mass is 397 g/mol. The van der Waals surface area contributed by atoms with Crippen molar-refractivity contribution in [2.75, 3.05) is 11.8 Å². The van der Waals surface area contributed by atoms with Crippen molar-refractivity contribution in [3.63, 3.8) is 0 Å². The first-order chi connectivity index (χ1) is 10.7. The van der Waals surface area contributed by atoms with Crippen molar-refractivity contribution >= 4 is 31.6 Å². The first-order valence-electron chi connectivity index (χ1n) is 7.21. The van der Waals surface area contributed by atoms with Gasteiger partial charge in [0.25, 0.3) is 10.0 Å². The molecule has 4 nitrogen and oxygen atoms in total. The van der Waals surface area contributed by atoms with Crippen molar-refractivity contribution in [1.82, 2.24) is 0 Å². The first kappa shape index (κ1) is 17.8. The Morgan fingerprint density at radius 3 is 2.26 bits per heavy atom. The van der Waals surface area contributed by atoms with Gasteiger partial charge in [-0.3, -0.25) is 4.72 Å². The van der Waals surface area contributed by atoms with Gasteiger partial charge in [0.15, 0.2) is 0 Å². The lowest BCUT2D eigenvalue weighted by Gasteiger charge is -2.17. The number of hydrogen-bond acceptors (Lipinski definition) is 3. The molecule has 0 saturated heterocycles. The van der Waals surface area contributed by atoms with Crippen LogP contribution in [0.2, 0.25) is 0 Å². The minimum Gasteiger partial charge on any atom is -0.496 e. The minimum absolute atomic E-state index is 0.159. The number of halogens is 1. The van der Waals surface area contributed by atoms with Crippen LogP contribution in [-0.4, -0.2) is 15.5 Å². The van der Waals surface area contributed by atoms with Gasteiger partial charge in [0, 0.05) is 10.2 Å². The topological polar surface area (TPSA) is 55.4 Å². The number of nitrogens with one attached hydrogen (secondary N) is 1. The standard InChI is InChI=1S/C17H20BrNO3S/c1-11(2)15-10-17(12(3)9-16(15)22-4)23(20,21)19-14-7-5-13(18)6-8-14/h5-11,19H,1-4H3. The zero-order chi connectivity index (χ0) is 17.2. The predicted molar refractivity (Wildman–Crippen MR) is 96.8 cm³/mol. The third kappa shape index (κ3) is 4.06. The molecule has 2 aromatic carbocycles. The molecule has 23 heavy (non-hydrogen) atoms. The Hall–Kier alpha value is -1.53. The Morgan fingerprint density at radius 2 is 1.74 bits per heavy atom. The molecule has 0 bridgehead atoms. The third-order valence-corrected chi connectivity index (χ3v) is 5.59. The van der Waals surface area contributed by atoms with Crippen molar-refractivity contribution in [2.45, 2.75) is 31.6 Å². The summed E-state index contributed by atoms with van der Waals surface area (Å²) in [6.07, 6.45) is 0. The molecule has 1 N–H and O–H groups in total. The highest BCUT2D eigenvalue weighted by molar-refractivity contribution is 9.10. The van der Waals surface area contributed by atoms with E-state index in [4.69, 9.17) is 4.74 Å². The van der Waals surface area contributed by atoms with Crippen molar-refractivity contribution in [3.05, 3.63) is 52.0 Å². The molecule has 0 atom stereocenters. The fraction of sp³-hybridized carbons (Fsp3) is 0.294. The molecule has 0 fully saturated rings. The van der Waals surface area contributed by atoms with E-state index in [0.717, 1.165) is 10.0 Å². The van der Waals surface area contributed by atoms with Gasteiger partial charge in [0.05, 0.1) is 12.0 Å². The second-order valence-electron chi connectivity index (χ2n) is 5.63. The number of benzene rings is 2. The van der Waals surface area contributed by atoms with Crippen molar-refractivity contribution in [3.8, 4) is 5.75 Å². The summed E-state index contributed by atoms with van der Waals surface area (Å²) in [5.74, 6) is 0.868. The molecule has 2 aromatic rings. The van der Waals surface area contributed by atoms with Gasteiger partial charge < -0.3 is 4.74 Å². The van der Waals surface area contributed by atoms with Crippen LogP contribution in [0.25, 0.3) is 0 Å². The van der Waals surface area contributed by atoms with Crippen molar-refractivity contribution in [1.29, 1.82) is 0 Å². The van der Waals surface area contributed by atoms with Gasteiger partial charge in [-0.1, -0.05) is 29.8 Å². The average Bonchev–Trinajstić information content (AvgIpc) is 2.48. The number of ether oxygens (including phenoxy) is 1. The van der Waals surface area contributed by atoms with E-state index in [2.05, 4.69) is 20.7 Å². The first-order valence-corrected chi connectivity index (χ1v) is 9.49. The quantitative estimate of drug-likeness (QED) is 0.795. The molecule has 0 spiro atoms. The summed E-state index contributed by atoms with van der Waals surface area (Å²) in [4.78, 5) is 0.268. The van der Waals surface area contributed by atoms with E-state index in [9.17, 15) is 8.42 Å². The third-order valence-electron chi connectivity index (χ3n) is 3.54. The molecule has 6 heteroatoms. The van der Waals surface area contributed by atoms with Crippen molar-refractivity contribution < 1.29 is 13.2 Å². The maximum atomic E-state index is 12.7. The lowest BCUT2D eigenvalue weighted by molar-refractivity contribution is 0.406. The number of rotatable bonds is 5. The number of aryl methyl sites for hydroxylation is 1. The Morgan fingerprint density at radius 1 is 1.13 bits per heavy atom. The van der Waals surface area contributed by atoms with Gasteiger partial charge in [-0.25, -0.2) is 8.42 Å². The van der Waals surface area contributed by atoms with Crippen LogP contribution in [0.15, 0.2) is 45.8 Å². The van der Waals surface area contributed by atoms with E-state index >= 15 is 0 Å². The Kier molecular flexibility index (Phi) is 5.37. The second kappa shape index (κ2) is 6.93. The molecule has 0 aliphatic carbocycles. The van der Waals surface area contributed by atoms with Crippen LogP contribution in [0.3, 0.4) is 0 Å². The number of methoxy groups -OCH3 is 1. The fourth-order valence-electron chi connectivity index (χ4n) is 2.32. The molecule has 0 unspecified atom stereocenters. The summed E-state index contributed by atoms with van der Waals surface area (Å²) in [5, 5.41) is 0. The summed E-state index contributed by atoms with van der Waals surface area (Å²) in [6, 6.07) is 10.5. The van der Waals surface area contributed by atoms with Gasteiger partial charge in [-0.15, -0.1) is 0 Å². The highest BCUT2D eigenvalue weighted by Crippen LogP contribution is 2.32. The lowest BCUT2D eigenvalue weighted by Crippen LogP contribution is -2.15. The van der Waals surface area contributed by atoms with E-state index in [-0.39, 0.29) is 10.8 Å². The van der Waals surface area contributed by atoms with E-state index in [1.54, 1.807) is 50.4 Å². The SMILES string of the molecule is COc1cc(C)c(S(=O)(=O)Nc2ccc(Br)cc2)cc1C(C)C. The molecule has 0 aliphatic heterocycles. The molecule has 0 amide bonds. The Labute approximate surface area is 146 Å². The largest absolute Gasteiger partial charge is 0.496 e. The van der Waals surface area contributed by atoms with Crippen LogP contribution < -0.4 is 9.46 Å². The zero-order valence-corrected chi connectivity index (χ0v) is 16.0. The predicted octanol–water partition coefficient (Wildman–Crippen LogP) is 4.69. The number of anilines is 1. The summed E-state index contributed by atoms with van der Waals surface area (Å²) >= 11 is 3.33. The van der Waals surface area contributed by atoms with Gasteiger partial charge in [-0.2, -0.15) is 0 Å². The minimum atomic E-state index is -3.66. The van der Waals surface area contributed by atoms with Crippen LogP contribution in [0.4, 0.5) is 5.69 Å². The highest BCUT2D eigenvalue weighted by atomic mass is 79.9. The molecular weight excluding hydrogens is 378 g/mol. The van der Waals surface area contributed by atoms with Crippen LogP contribution in [0.1, 0.15) is 30.9 Å². The number of sulfonamides is 1. The Bertz CT molecular complexity index is 799. The maximum absolute atomic E-state index is 12.7. The zero-order valence-electron chi connectivity index (χ0n) is 13.6. The second-order valence-corrected chi connectivity index (χ2v) is 8.19. The van der Waals surface area contributed by atoms with Crippen LogP contribution in [0.5, 0.6) is 5.75 Å². The maximum Gasteiger partial charge on any atom is 0.262 e. The van der Waals surface area contributed by atoms with E-state index in [1.165, 1.54) is 0 Å². The van der Waals surface area contributed by atoms with E-state index in [1.807, 2.05) is 13.8 Å². The van der Waals surface area contributed by atoms with Gasteiger partial charge in [0.1, 0.15) is 5.75 Å². The average molecular weight is 398 g/mol. The molecule has 0 heterocycles. The summed E-state index contributed by atoms with van der Waals surface area (Å²) in [5.41, 5.74) is 2.04. The Balaban J connectivity index is 2.46. The summed E-state index contributed by atoms with van der Waals surface area (Å²) < 4.78 is 34.3. The molecule has 2 rings (SSSR count). The van der Waals surface area contributed by atoms with Crippen LogP contribution >= 0.6 is 15.9 Å². The van der Waals surface area contributed by atoms with Crippen LogP contribution in [-0.2, 0) is 10.0 Å².